The number of amides is 1. The van der Waals surface area contributed by atoms with E-state index in [2.05, 4.69) is 59.0 Å². The second-order valence-electron chi connectivity index (χ2n) is 16.3. The molecular weight excluding hydrogens is 603 g/mol. The lowest BCUT2D eigenvalue weighted by Crippen LogP contribution is -2.48. The van der Waals surface area contributed by atoms with Crippen LogP contribution in [-0.2, 0) is 22.7 Å². The van der Waals surface area contributed by atoms with E-state index in [0.29, 0.717) is 42.5 Å². The third-order valence-electron chi connectivity index (χ3n) is 10.5. The fourth-order valence-corrected chi connectivity index (χ4v) is 8.09. The maximum absolute atomic E-state index is 14.1. The van der Waals surface area contributed by atoms with Gasteiger partial charge in [-0.15, -0.1) is 0 Å². The number of ketones is 1. The van der Waals surface area contributed by atoms with Crippen LogP contribution in [0.1, 0.15) is 111 Å². The Hall–Kier alpha value is -3.04. The molecule has 47 heavy (non-hydrogen) atoms. The smallest absolute Gasteiger partial charge is 0.270 e. The fraction of sp³-hybridized carbons (Fsp3) is 0.632. The molecule has 2 heterocycles. The molecule has 0 bridgehead atoms. The van der Waals surface area contributed by atoms with Gasteiger partial charge in [0.15, 0.2) is 5.78 Å². The highest BCUT2D eigenvalue weighted by Gasteiger charge is 2.48. The van der Waals surface area contributed by atoms with E-state index in [9.17, 15) is 9.59 Å². The number of nitrogens with zero attached hydrogens (tertiary/aromatic N) is 4. The number of nitrogens with one attached hydrogen (secondary N) is 1. The third-order valence-corrected chi connectivity index (χ3v) is 12.2. The largest absolute Gasteiger partial charge is 0.360 e. The van der Waals surface area contributed by atoms with Crippen molar-refractivity contribution in [1.82, 2.24) is 24.9 Å². The Labute approximate surface area is 281 Å². The lowest BCUT2D eigenvalue weighted by atomic mass is 9.84. The van der Waals surface area contributed by atoms with Crippen molar-refractivity contribution in [3.63, 3.8) is 0 Å². The molecule has 252 valence electrons. The first kappa shape index (κ1) is 32.5. The van der Waals surface area contributed by atoms with Gasteiger partial charge in [-0.05, 0) is 106 Å². The summed E-state index contributed by atoms with van der Waals surface area (Å²) in [6.07, 6.45) is 11.4. The lowest BCUT2D eigenvalue weighted by Gasteiger charge is -2.27. The van der Waals surface area contributed by atoms with Crippen LogP contribution in [-0.4, -0.2) is 52.0 Å². The summed E-state index contributed by atoms with van der Waals surface area (Å²) in [6.45, 7) is 12.5. The minimum atomic E-state index is -1.15. The zero-order valence-electron chi connectivity index (χ0n) is 29.0. The van der Waals surface area contributed by atoms with Crippen molar-refractivity contribution < 1.29 is 14.3 Å². The van der Waals surface area contributed by atoms with Crippen molar-refractivity contribution in [3.05, 3.63) is 59.2 Å². The van der Waals surface area contributed by atoms with Gasteiger partial charge >= 0.3 is 0 Å². The van der Waals surface area contributed by atoms with Gasteiger partial charge in [-0.2, -0.15) is 10.2 Å². The molecule has 1 aromatic carbocycles. The molecule has 2 aromatic heterocycles. The van der Waals surface area contributed by atoms with Crippen LogP contribution in [0.25, 0.3) is 11.1 Å². The van der Waals surface area contributed by atoms with Crippen LogP contribution in [0.4, 0.5) is 0 Å². The van der Waals surface area contributed by atoms with E-state index in [0.717, 1.165) is 43.9 Å². The highest BCUT2D eigenvalue weighted by atomic mass is 28.3. The van der Waals surface area contributed by atoms with Crippen molar-refractivity contribution in [3.8, 4) is 11.1 Å². The van der Waals surface area contributed by atoms with E-state index >= 15 is 0 Å². The topological polar surface area (TPSA) is 91.0 Å². The molecule has 0 aliphatic heterocycles. The third kappa shape index (κ3) is 7.67. The average Bonchev–Trinajstić information content (AvgIpc) is 3.83. The van der Waals surface area contributed by atoms with E-state index in [1.165, 1.54) is 48.2 Å². The molecule has 0 saturated heterocycles. The van der Waals surface area contributed by atoms with Gasteiger partial charge in [-0.25, -0.2) is 4.68 Å². The van der Waals surface area contributed by atoms with Crippen molar-refractivity contribution in [2.45, 2.75) is 128 Å². The van der Waals surface area contributed by atoms with Gasteiger partial charge in [0, 0.05) is 50.7 Å². The number of ether oxygens (including phenoxy) is 1. The van der Waals surface area contributed by atoms with Crippen LogP contribution in [0.15, 0.2) is 36.5 Å². The number of carbonyl (C=O) groups is 2. The van der Waals surface area contributed by atoms with E-state index in [1.54, 1.807) is 16.9 Å². The van der Waals surface area contributed by atoms with Gasteiger partial charge in [0.2, 0.25) is 0 Å². The Morgan fingerprint density at radius 1 is 0.936 bits per heavy atom. The van der Waals surface area contributed by atoms with Crippen LogP contribution in [0.3, 0.4) is 0 Å². The quantitative estimate of drug-likeness (QED) is 0.119. The average molecular weight is 656 g/mol. The summed E-state index contributed by atoms with van der Waals surface area (Å²) in [7, 11) is -1.15. The molecule has 1 atom stereocenters. The number of benzene rings is 1. The van der Waals surface area contributed by atoms with Crippen LogP contribution in [0.2, 0.25) is 25.7 Å². The minimum absolute atomic E-state index is 0.0662. The molecule has 8 nitrogen and oxygen atoms in total. The Morgan fingerprint density at radius 2 is 1.60 bits per heavy atom. The molecule has 1 unspecified atom stereocenters. The molecule has 3 aromatic rings. The number of hydrogen-bond donors (Lipinski definition) is 1. The van der Waals surface area contributed by atoms with Crippen molar-refractivity contribution in [1.29, 1.82) is 0 Å². The van der Waals surface area contributed by atoms with E-state index in [-0.39, 0.29) is 23.7 Å². The number of rotatable bonds is 17. The lowest BCUT2D eigenvalue weighted by molar-refractivity contribution is -0.122. The number of aromatic nitrogens is 4. The number of carbonyl (C=O) groups excluding carboxylic acids is 2. The maximum atomic E-state index is 14.1. The van der Waals surface area contributed by atoms with Crippen molar-refractivity contribution in [2.75, 3.05) is 6.61 Å². The fourth-order valence-electron chi connectivity index (χ4n) is 7.34. The monoisotopic (exact) mass is 655 g/mol. The minimum Gasteiger partial charge on any atom is -0.360 e. The van der Waals surface area contributed by atoms with Gasteiger partial charge in [0.05, 0.1) is 17.4 Å². The first-order chi connectivity index (χ1) is 22.6. The van der Waals surface area contributed by atoms with Crippen LogP contribution < -0.4 is 5.32 Å². The molecule has 7 rings (SSSR count). The molecule has 0 spiro atoms. The van der Waals surface area contributed by atoms with Crippen LogP contribution in [0.5, 0.6) is 0 Å². The van der Waals surface area contributed by atoms with Crippen LogP contribution in [0, 0.1) is 17.8 Å². The molecule has 0 radical (unpaired) electrons. The zero-order valence-corrected chi connectivity index (χ0v) is 30.0. The Bertz CT molecular complexity index is 1570. The summed E-state index contributed by atoms with van der Waals surface area (Å²) in [5.74, 6) is 2.29. The van der Waals surface area contributed by atoms with Gasteiger partial charge in [0.1, 0.15) is 12.4 Å². The Morgan fingerprint density at radius 3 is 2.17 bits per heavy atom. The summed E-state index contributed by atoms with van der Waals surface area (Å²) < 4.78 is 10.1. The summed E-state index contributed by atoms with van der Waals surface area (Å²) in [5, 5.41) is 12.8. The van der Waals surface area contributed by atoms with Crippen molar-refractivity contribution in [2.24, 2.45) is 17.8 Å². The molecule has 4 fully saturated rings. The first-order valence-corrected chi connectivity index (χ1v) is 21.9. The number of hydrogen-bond acceptors (Lipinski definition) is 5. The molecular formula is C38H53N5O3Si. The molecule has 4 aliphatic rings. The summed E-state index contributed by atoms with van der Waals surface area (Å²) in [4.78, 5) is 27.7. The van der Waals surface area contributed by atoms with Gasteiger partial charge in [-0.3, -0.25) is 14.3 Å². The zero-order chi connectivity index (χ0) is 32.9. The SMILES string of the molecule is CC(C)n1nccc1C(=O)NC(C(=O)Cc1ccc(-c2c(C3CC3)nn(COCC[Si](C)(C)C)c2C2CC2)cc1)C(C1CC1)C1CC1. The van der Waals surface area contributed by atoms with Gasteiger partial charge in [-0.1, -0.05) is 43.9 Å². The van der Waals surface area contributed by atoms with Gasteiger partial charge < -0.3 is 10.1 Å². The standard InChI is InChI=1S/C38H53N5O3Si/c1-24(2)43-31(18-19-39-43)38(45)40-36(33(26-10-11-26)27-12-13-27)32(44)22-25-6-8-28(9-7-25)34-35(29-14-15-29)41-42(37(34)30-16-17-30)23-46-20-21-47(3,4)5/h6-9,18-19,24,26-27,29-30,33,36H,10-17,20-23H2,1-5H3,(H,40,45). The highest BCUT2D eigenvalue weighted by molar-refractivity contribution is 6.76. The predicted octanol–water partition coefficient (Wildman–Crippen LogP) is 7.74. The van der Waals surface area contributed by atoms with E-state index in [1.807, 2.05) is 13.8 Å². The molecule has 4 aliphatic carbocycles. The summed E-state index contributed by atoms with van der Waals surface area (Å²) in [6, 6.07) is 11.1. The van der Waals surface area contributed by atoms with E-state index < -0.39 is 14.1 Å². The predicted molar refractivity (Wildman–Crippen MR) is 187 cm³/mol. The van der Waals surface area contributed by atoms with Gasteiger partial charge in [0.25, 0.3) is 5.91 Å². The molecule has 1 N–H and O–H groups in total. The molecule has 1 amide bonds. The maximum Gasteiger partial charge on any atom is 0.270 e. The summed E-state index contributed by atoms with van der Waals surface area (Å²) >= 11 is 0. The number of Topliss-reactive ketones (excluding diaryl/α,β-unsaturated/α-hetero) is 1. The van der Waals surface area contributed by atoms with Crippen molar-refractivity contribution >= 4 is 19.8 Å². The normalized spacial score (nSPS) is 19.0. The Balaban J connectivity index is 1.10. The first-order valence-electron chi connectivity index (χ1n) is 18.2. The molecule has 4 saturated carbocycles. The molecule has 9 heteroatoms. The second kappa shape index (κ2) is 13.1. The highest BCUT2D eigenvalue weighted by Crippen LogP contribution is 2.52. The second-order valence-corrected chi connectivity index (χ2v) is 22.0. The Kier molecular flexibility index (Phi) is 9.06. The van der Waals surface area contributed by atoms with E-state index in [4.69, 9.17) is 9.84 Å². The van der Waals surface area contributed by atoms with Crippen LogP contribution >= 0.6 is 0 Å². The summed E-state index contributed by atoms with van der Waals surface area (Å²) in [5.41, 5.74) is 6.58.